The summed E-state index contributed by atoms with van der Waals surface area (Å²) in [6, 6.07) is -0.236. The van der Waals surface area contributed by atoms with Gasteiger partial charge in [-0.15, -0.1) is 0 Å². The van der Waals surface area contributed by atoms with Crippen LogP contribution in [0.2, 0.25) is 0 Å². The van der Waals surface area contributed by atoms with Crippen molar-refractivity contribution in [2.75, 3.05) is 18.3 Å². The minimum absolute atomic E-state index is 0. The van der Waals surface area contributed by atoms with Crippen molar-refractivity contribution in [1.82, 2.24) is 4.31 Å². The van der Waals surface area contributed by atoms with Crippen LogP contribution in [0.1, 0.15) is 77.2 Å². The molecule has 0 aliphatic rings. The maximum atomic E-state index is 12.3. The average molecular weight is 388 g/mol. The third-order valence-corrected chi connectivity index (χ3v) is 6.30. The molecule has 0 radical (unpaired) electrons. The predicted molar refractivity (Wildman–Crippen MR) is 113 cm³/mol. The van der Waals surface area contributed by atoms with Crippen LogP contribution in [-0.4, -0.2) is 46.8 Å². The summed E-state index contributed by atoms with van der Waals surface area (Å²) in [5, 5.41) is 0. The molecule has 0 rings (SSSR count). The summed E-state index contributed by atoms with van der Waals surface area (Å²) in [6.07, 6.45) is 3.59. The van der Waals surface area contributed by atoms with Crippen LogP contribution in [0.3, 0.4) is 0 Å². The van der Waals surface area contributed by atoms with E-state index in [1.165, 1.54) is 6.26 Å². The summed E-state index contributed by atoms with van der Waals surface area (Å²) in [5.41, 5.74) is -0.427. The lowest BCUT2D eigenvalue weighted by atomic mass is 9.78. The minimum Gasteiger partial charge on any atom is -0.260 e. The molecule has 0 heterocycles. The van der Waals surface area contributed by atoms with Crippen LogP contribution in [-0.2, 0) is 20.8 Å². The predicted octanol–water partition coefficient (Wildman–Crippen LogP) is 4.77. The van der Waals surface area contributed by atoms with Crippen molar-refractivity contribution in [1.29, 1.82) is 0 Å². The molecule has 0 spiro atoms. The Kier molecular flexibility index (Phi) is 14.5. The lowest BCUT2D eigenvalue weighted by Gasteiger charge is -2.42. The van der Waals surface area contributed by atoms with Gasteiger partial charge in [-0.3, -0.25) is 4.21 Å². The molecule has 0 saturated heterocycles. The maximum absolute atomic E-state index is 12.3. The van der Waals surface area contributed by atoms with Crippen LogP contribution in [0.15, 0.2) is 0 Å². The van der Waals surface area contributed by atoms with Gasteiger partial charge < -0.3 is 0 Å². The van der Waals surface area contributed by atoms with Crippen LogP contribution < -0.4 is 0 Å². The quantitative estimate of drug-likeness (QED) is 0.659. The number of sulfonamides is 1. The highest BCUT2D eigenvalue weighted by Crippen LogP contribution is 2.33. The molecule has 0 amide bonds. The van der Waals surface area contributed by atoms with Crippen molar-refractivity contribution in [3.63, 3.8) is 0 Å². The summed E-state index contributed by atoms with van der Waals surface area (Å²) in [7, 11) is -4.39. The molecule has 0 saturated carbocycles. The van der Waals surface area contributed by atoms with Crippen LogP contribution in [0.4, 0.5) is 0 Å². The van der Waals surface area contributed by atoms with E-state index in [0.29, 0.717) is 18.1 Å². The van der Waals surface area contributed by atoms with E-state index < -0.39 is 26.4 Å². The molecule has 0 N–H and O–H groups in total. The lowest BCUT2D eigenvalue weighted by molar-refractivity contribution is 0.148. The fourth-order valence-electron chi connectivity index (χ4n) is 2.58. The Morgan fingerprint density at radius 1 is 1.00 bits per heavy atom. The van der Waals surface area contributed by atoms with Crippen molar-refractivity contribution < 1.29 is 12.6 Å². The van der Waals surface area contributed by atoms with Crippen molar-refractivity contribution >= 4 is 20.8 Å². The highest BCUT2D eigenvalue weighted by molar-refractivity contribution is 7.88. The molecule has 0 fully saturated rings. The van der Waals surface area contributed by atoms with E-state index in [2.05, 4.69) is 27.7 Å². The Bertz CT molecular complexity index is 460. The fourth-order valence-corrected chi connectivity index (χ4v) is 5.20. The van der Waals surface area contributed by atoms with Crippen LogP contribution in [0.25, 0.3) is 0 Å². The smallest absolute Gasteiger partial charge is 0.211 e. The molecule has 24 heavy (non-hydrogen) atoms. The zero-order chi connectivity index (χ0) is 17.2. The van der Waals surface area contributed by atoms with Gasteiger partial charge in [0.05, 0.1) is 6.26 Å². The topological polar surface area (TPSA) is 54.5 Å². The van der Waals surface area contributed by atoms with Crippen LogP contribution >= 0.6 is 0 Å². The first-order chi connectivity index (χ1) is 9.06. The fraction of sp³-hybridized carbons (Fsp3) is 1.00. The lowest BCUT2D eigenvalue weighted by Crippen LogP contribution is -2.53. The van der Waals surface area contributed by atoms with Gasteiger partial charge in [0.1, 0.15) is 0 Å². The molecule has 152 valence electrons. The summed E-state index contributed by atoms with van der Waals surface area (Å²) < 4.78 is 37.8. The largest absolute Gasteiger partial charge is 0.260 e. The van der Waals surface area contributed by atoms with Crippen LogP contribution in [0.5, 0.6) is 0 Å². The third kappa shape index (κ3) is 10.8. The average Bonchev–Trinajstić information content (AvgIpc) is 2.08. The van der Waals surface area contributed by atoms with Gasteiger partial charge in [0.2, 0.25) is 10.0 Å². The Hall–Kier alpha value is 0.0600. The van der Waals surface area contributed by atoms with E-state index in [0.717, 1.165) is 0 Å². The summed E-state index contributed by atoms with van der Waals surface area (Å²) in [4.78, 5) is 0. The van der Waals surface area contributed by atoms with Gasteiger partial charge in [-0.25, -0.2) is 8.42 Å². The normalized spacial score (nSPS) is 16.2. The van der Waals surface area contributed by atoms with Gasteiger partial charge in [0.25, 0.3) is 0 Å². The van der Waals surface area contributed by atoms with Crippen molar-refractivity contribution in [3.8, 4) is 0 Å². The highest BCUT2D eigenvalue weighted by atomic mass is 32.2. The van der Waals surface area contributed by atoms with E-state index in [1.807, 2.05) is 20.8 Å². The zero-order valence-corrected chi connectivity index (χ0v) is 16.7. The second kappa shape index (κ2) is 10.9. The van der Waals surface area contributed by atoms with Gasteiger partial charge >= 0.3 is 0 Å². The maximum Gasteiger partial charge on any atom is 0.211 e. The molecular formula is C18H45NO3S2. The molecule has 6 heteroatoms. The molecule has 0 bridgehead atoms. The number of nitrogens with zero attached hydrogens (tertiary/aromatic N) is 1. The van der Waals surface area contributed by atoms with Gasteiger partial charge in [-0.2, -0.15) is 4.31 Å². The summed E-state index contributed by atoms with van der Waals surface area (Å²) in [5.74, 6) is 0.711. The Morgan fingerprint density at radius 2 is 1.38 bits per heavy atom. The molecule has 3 unspecified atom stereocenters. The van der Waals surface area contributed by atoms with Crippen molar-refractivity contribution in [2.24, 2.45) is 11.3 Å². The second-order valence-electron chi connectivity index (χ2n) is 8.13. The minimum atomic E-state index is -3.36. The second-order valence-corrected chi connectivity index (χ2v) is 11.5. The molecule has 0 aliphatic heterocycles. The van der Waals surface area contributed by atoms with Crippen LogP contribution in [0, 0.1) is 11.3 Å². The number of hydrogen-bond acceptors (Lipinski definition) is 3. The molecule has 0 aliphatic carbocycles. The first kappa shape index (κ1) is 31.8. The summed E-state index contributed by atoms with van der Waals surface area (Å²) >= 11 is 0. The van der Waals surface area contributed by atoms with E-state index in [1.54, 1.807) is 10.6 Å². The monoisotopic (exact) mass is 387 g/mol. The first-order valence-electron chi connectivity index (χ1n) is 7.36. The van der Waals surface area contributed by atoms with E-state index in [4.69, 9.17) is 0 Å². The number of hydrogen-bond donors (Lipinski definition) is 0. The van der Waals surface area contributed by atoms with E-state index in [-0.39, 0.29) is 33.7 Å². The summed E-state index contributed by atoms with van der Waals surface area (Å²) in [6.45, 7) is 14.3. The van der Waals surface area contributed by atoms with Gasteiger partial charge in [-0.1, -0.05) is 50.0 Å². The van der Waals surface area contributed by atoms with Gasteiger partial charge in [-0.05, 0) is 38.5 Å². The molecular weight excluding hydrogens is 342 g/mol. The van der Waals surface area contributed by atoms with E-state index >= 15 is 0 Å². The van der Waals surface area contributed by atoms with Crippen molar-refractivity contribution in [3.05, 3.63) is 0 Å². The van der Waals surface area contributed by atoms with Gasteiger partial charge in [0, 0.05) is 34.4 Å². The highest BCUT2D eigenvalue weighted by Gasteiger charge is 2.38. The molecule has 4 nitrogen and oxygen atoms in total. The Labute approximate surface area is 156 Å². The van der Waals surface area contributed by atoms with E-state index in [9.17, 15) is 12.6 Å². The zero-order valence-electron chi connectivity index (χ0n) is 15.1. The molecule has 0 aromatic rings. The molecule has 0 aromatic heterocycles. The Balaban J connectivity index is -0.000000667. The SMILES string of the molecule is C.C.C.CC(CC(CS(C)=O)N(C(C)(C)C)S(C)(=O)=O)C(C)(C)C. The third-order valence-electron chi connectivity index (χ3n) is 3.88. The van der Waals surface area contributed by atoms with Gasteiger partial charge in [0.15, 0.2) is 0 Å². The molecule has 0 aromatic carbocycles. The number of rotatable bonds is 6. The first-order valence-corrected chi connectivity index (χ1v) is 10.9. The standard InChI is InChI=1S/C15H33NO3S2.3CH4/c1-12(14(2,3)4)10-13(11-20(8)17)16(15(5,6)7)21(9,18)19;;;/h12-13H,10-11H2,1-9H3;3*1H4. The molecule has 3 atom stereocenters. The van der Waals surface area contributed by atoms with Crippen molar-refractivity contribution in [2.45, 2.75) is 88.7 Å². The Morgan fingerprint density at radius 3 is 1.58 bits per heavy atom.